The van der Waals surface area contributed by atoms with Gasteiger partial charge in [0.2, 0.25) is 10.0 Å². The molecule has 1 N–H and O–H groups in total. The number of fused-ring (bicyclic) bond motifs is 1. The highest BCUT2D eigenvalue weighted by Crippen LogP contribution is 2.35. The molecule has 0 aliphatic carbocycles. The molecule has 0 radical (unpaired) electrons. The lowest BCUT2D eigenvalue weighted by molar-refractivity contribution is 0.590. The van der Waals surface area contributed by atoms with E-state index in [0.717, 1.165) is 45.4 Å². The Morgan fingerprint density at radius 1 is 1.30 bits per heavy atom. The SMILES string of the molecule is CCc1cccc(C)c1N=C1NN=C(c2ccc3c(c2)CC(C)N3S(C)(=O)=O)CS1. The largest absolute Gasteiger partial charge is 0.267 e. The van der Waals surface area contributed by atoms with Crippen molar-refractivity contribution in [3.8, 4) is 0 Å². The van der Waals surface area contributed by atoms with Crippen molar-refractivity contribution in [3.63, 3.8) is 0 Å². The number of anilines is 1. The molecule has 4 rings (SSSR count). The van der Waals surface area contributed by atoms with E-state index in [1.807, 2.05) is 19.1 Å². The summed E-state index contributed by atoms with van der Waals surface area (Å²) in [6.45, 7) is 6.15. The molecule has 1 unspecified atom stereocenters. The van der Waals surface area contributed by atoms with E-state index in [-0.39, 0.29) is 6.04 Å². The summed E-state index contributed by atoms with van der Waals surface area (Å²) in [5.74, 6) is 0.712. The minimum Gasteiger partial charge on any atom is -0.267 e. The number of hydrogen-bond acceptors (Lipinski definition) is 5. The standard InChI is InChI=1S/C22H26N4O2S2/c1-5-16-8-6-7-14(2)21(16)23-22-25-24-19(13-29-22)17-9-10-20-18(12-17)11-15(3)26(20)30(4,27)28/h6-10,12,15H,5,11,13H2,1-4H3,(H,23,25). The number of para-hydroxylation sites is 1. The lowest BCUT2D eigenvalue weighted by Crippen LogP contribution is -2.34. The first-order chi connectivity index (χ1) is 14.3. The van der Waals surface area contributed by atoms with Gasteiger partial charge in [-0.1, -0.05) is 43.0 Å². The van der Waals surface area contributed by atoms with Crippen molar-refractivity contribution in [3.05, 3.63) is 58.7 Å². The number of amidine groups is 1. The van der Waals surface area contributed by atoms with Crippen LogP contribution < -0.4 is 9.73 Å². The first-order valence-corrected chi connectivity index (χ1v) is 12.9. The molecular weight excluding hydrogens is 416 g/mol. The molecule has 0 aromatic heterocycles. The highest BCUT2D eigenvalue weighted by Gasteiger charge is 2.32. The van der Waals surface area contributed by atoms with Crippen molar-refractivity contribution < 1.29 is 8.42 Å². The van der Waals surface area contributed by atoms with Gasteiger partial charge in [-0.2, -0.15) is 5.10 Å². The molecule has 30 heavy (non-hydrogen) atoms. The van der Waals surface area contributed by atoms with Gasteiger partial charge in [-0.3, -0.25) is 9.73 Å². The molecule has 6 nitrogen and oxygen atoms in total. The number of aryl methyl sites for hydroxylation is 2. The number of hydrazone groups is 1. The van der Waals surface area contributed by atoms with Crippen LogP contribution in [0.2, 0.25) is 0 Å². The number of benzene rings is 2. The fourth-order valence-corrected chi connectivity index (χ4v) is 6.11. The van der Waals surface area contributed by atoms with Gasteiger partial charge in [0.1, 0.15) is 0 Å². The Morgan fingerprint density at radius 3 is 2.77 bits per heavy atom. The number of rotatable bonds is 4. The van der Waals surface area contributed by atoms with E-state index in [9.17, 15) is 8.42 Å². The normalized spacial score (nSPS) is 20.1. The van der Waals surface area contributed by atoms with Gasteiger partial charge in [-0.25, -0.2) is 13.4 Å². The first-order valence-electron chi connectivity index (χ1n) is 10.0. The van der Waals surface area contributed by atoms with Crippen molar-refractivity contribution in [2.24, 2.45) is 10.1 Å². The Hall–Kier alpha value is -2.32. The Morgan fingerprint density at radius 2 is 2.10 bits per heavy atom. The number of nitrogens with one attached hydrogen (secondary N) is 1. The Kier molecular flexibility index (Phi) is 5.63. The summed E-state index contributed by atoms with van der Waals surface area (Å²) < 4.78 is 25.8. The molecule has 2 aromatic carbocycles. The number of aliphatic imine (C=N–C) groups is 1. The molecule has 2 aliphatic heterocycles. The predicted octanol–water partition coefficient (Wildman–Crippen LogP) is 4.00. The maximum Gasteiger partial charge on any atom is 0.232 e. The molecule has 2 aromatic rings. The molecule has 8 heteroatoms. The van der Waals surface area contributed by atoms with Crippen LogP contribution in [0.25, 0.3) is 0 Å². The summed E-state index contributed by atoms with van der Waals surface area (Å²) in [6.07, 6.45) is 2.91. The minimum absolute atomic E-state index is 0.0633. The predicted molar refractivity (Wildman–Crippen MR) is 127 cm³/mol. The van der Waals surface area contributed by atoms with E-state index in [4.69, 9.17) is 4.99 Å². The number of nitrogens with zero attached hydrogens (tertiary/aromatic N) is 3. The maximum absolute atomic E-state index is 12.1. The Bertz CT molecular complexity index is 1160. The molecule has 2 heterocycles. The van der Waals surface area contributed by atoms with Crippen LogP contribution in [0.4, 0.5) is 11.4 Å². The van der Waals surface area contributed by atoms with Crippen molar-refractivity contribution in [2.45, 2.75) is 39.7 Å². The highest BCUT2D eigenvalue weighted by molar-refractivity contribution is 8.14. The van der Waals surface area contributed by atoms with Gasteiger partial charge in [0.05, 0.1) is 23.3 Å². The van der Waals surface area contributed by atoms with Crippen LogP contribution in [0, 0.1) is 6.92 Å². The van der Waals surface area contributed by atoms with Gasteiger partial charge in [0, 0.05) is 11.8 Å². The molecule has 0 bridgehead atoms. The summed E-state index contributed by atoms with van der Waals surface area (Å²) in [5, 5.41) is 5.35. The van der Waals surface area contributed by atoms with Crippen LogP contribution in [0.1, 0.15) is 36.1 Å². The second-order valence-corrected chi connectivity index (χ2v) is 10.6. The van der Waals surface area contributed by atoms with Crippen molar-refractivity contribution in [2.75, 3.05) is 16.3 Å². The topological polar surface area (TPSA) is 74.1 Å². The zero-order valence-electron chi connectivity index (χ0n) is 17.6. The lowest BCUT2D eigenvalue weighted by atomic mass is 10.0. The van der Waals surface area contributed by atoms with Crippen molar-refractivity contribution in [1.82, 2.24) is 5.43 Å². The number of sulfonamides is 1. The molecule has 2 aliphatic rings. The van der Waals surface area contributed by atoms with Crippen LogP contribution >= 0.6 is 11.8 Å². The third-order valence-corrected chi connectivity index (χ3v) is 7.62. The van der Waals surface area contributed by atoms with E-state index in [1.165, 1.54) is 16.1 Å². The summed E-state index contributed by atoms with van der Waals surface area (Å²) >= 11 is 1.63. The van der Waals surface area contributed by atoms with E-state index in [0.29, 0.717) is 12.2 Å². The summed E-state index contributed by atoms with van der Waals surface area (Å²) in [4.78, 5) is 4.81. The van der Waals surface area contributed by atoms with Crippen molar-refractivity contribution in [1.29, 1.82) is 0 Å². The molecule has 0 spiro atoms. The van der Waals surface area contributed by atoms with Gasteiger partial charge in [-0.05, 0) is 61.1 Å². The summed E-state index contributed by atoms with van der Waals surface area (Å²) in [5.41, 5.74) is 10.3. The van der Waals surface area contributed by atoms with Gasteiger partial charge >= 0.3 is 0 Å². The van der Waals surface area contributed by atoms with E-state index in [1.54, 1.807) is 11.8 Å². The molecule has 1 atom stereocenters. The zero-order valence-corrected chi connectivity index (χ0v) is 19.3. The van der Waals surface area contributed by atoms with Crippen LogP contribution in [0.3, 0.4) is 0 Å². The van der Waals surface area contributed by atoms with Gasteiger partial charge in [-0.15, -0.1) is 0 Å². The second kappa shape index (κ2) is 8.07. The quantitative estimate of drug-likeness (QED) is 0.777. The fraction of sp³-hybridized carbons (Fsp3) is 0.364. The third kappa shape index (κ3) is 3.98. The van der Waals surface area contributed by atoms with Gasteiger partial charge < -0.3 is 0 Å². The fourth-order valence-electron chi connectivity index (χ4n) is 4.08. The molecule has 0 saturated heterocycles. The van der Waals surface area contributed by atoms with E-state index in [2.05, 4.69) is 48.6 Å². The number of thioether (sulfide) groups is 1. The van der Waals surface area contributed by atoms with Gasteiger partial charge in [0.25, 0.3) is 0 Å². The summed E-state index contributed by atoms with van der Waals surface area (Å²) in [6, 6.07) is 12.1. The van der Waals surface area contributed by atoms with Gasteiger partial charge in [0.15, 0.2) is 5.17 Å². The average molecular weight is 443 g/mol. The lowest BCUT2D eigenvalue weighted by Gasteiger charge is -2.22. The molecular formula is C22H26N4O2S2. The van der Waals surface area contributed by atoms with Crippen LogP contribution in [0.5, 0.6) is 0 Å². The molecule has 0 amide bonds. The summed E-state index contributed by atoms with van der Waals surface area (Å²) in [7, 11) is -3.28. The first kappa shape index (κ1) is 20.9. The maximum atomic E-state index is 12.1. The smallest absolute Gasteiger partial charge is 0.232 e. The van der Waals surface area contributed by atoms with Crippen LogP contribution in [-0.2, 0) is 22.9 Å². The van der Waals surface area contributed by atoms with E-state index < -0.39 is 10.0 Å². The number of hydrogen-bond donors (Lipinski definition) is 1. The minimum atomic E-state index is -3.28. The molecule has 0 fully saturated rings. The van der Waals surface area contributed by atoms with Crippen molar-refractivity contribution >= 4 is 44.0 Å². The molecule has 158 valence electrons. The average Bonchev–Trinajstić information content (AvgIpc) is 3.05. The Labute approximate surface area is 182 Å². The monoisotopic (exact) mass is 442 g/mol. The third-order valence-electron chi connectivity index (χ3n) is 5.47. The highest BCUT2D eigenvalue weighted by atomic mass is 32.2. The van der Waals surface area contributed by atoms with Crippen LogP contribution in [-0.4, -0.2) is 37.3 Å². The van der Waals surface area contributed by atoms with E-state index >= 15 is 0 Å². The zero-order chi connectivity index (χ0) is 21.5. The Balaban J connectivity index is 1.58. The molecule has 0 saturated carbocycles. The second-order valence-electron chi connectivity index (χ2n) is 7.77. The van der Waals surface area contributed by atoms with Crippen LogP contribution in [0.15, 0.2) is 46.5 Å².